The highest BCUT2D eigenvalue weighted by molar-refractivity contribution is 6.03. The number of aliphatic hydroxyl groups excluding tert-OH is 2. The summed E-state index contributed by atoms with van der Waals surface area (Å²) in [6, 6.07) is 12.2. The van der Waals surface area contributed by atoms with Gasteiger partial charge < -0.3 is 44.0 Å². The summed E-state index contributed by atoms with van der Waals surface area (Å²) in [7, 11) is 1.62. The number of allylic oxidation sites excluding steroid dienone is 1. The predicted octanol–water partition coefficient (Wildman–Crippen LogP) is 7.04. The number of ether oxygens (including phenoxy) is 4. The molecule has 7 atom stereocenters. The Hall–Kier alpha value is -3.90. The van der Waals surface area contributed by atoms with Gasteiger partial charge in [-0.05, 0) is 98.2 Å². The maximum atomic E-state index is 14.7. The molecule has 1 saturated carbocycles. The van der Waals surface area contributed by atoms with Crippen molar-refractivity contribution in [3.63, 3.8) is 0 Å². The number of phenolic OH excluding ortho intramolecular Hbond substituents is 1. The number of aliphatic hydroxyl groups is 2. The SMILES string of the molecule is C=CCOC12Oc3ccc(O)cc3C3C(CCCCO)C(CCCCO)C=C(C(=NOC4CCCCO4)CC1N(CCC)C(=O)Cc1cccc(OC)c1)C32. The Morgan fingerprint density at radius 3 is 2.64 bits per heavy atom. The Bertz CT molecular complexity index is 1660. The fourth-order valence-electron chi connectivity index (χ4n) is 9.33. The first-order chi connectivity index (χ1) is 26.9. The van der Waals surface area contributed by atoms with Crippen LogP contribution in [0.1, 0.15) is 94.6 Å². The van der Waals surface area contributed by atoms with Crippen molar-refractivity contribution in [2.24, 2.45) is 22.9 Å². The lowest BCUT2D eigenvalue weighted by molar-refractivity contribution is -0.257. The maximum Gasteiger partial charge on any atom is 0.239 e. The topological polar surface area (TPSA) is 140 Å². The molecule has 2 heterocycles. The van der Waals surface area contributed by atoms with Crippen molar-refractivity contribution in [1.82, 2.24) is 4.90 Å². The van der Waals surface area contributed by atoms with Crippen molar-refractivity contribution in [3.8, 4) is 17.2 Å². The molecule has 2 aliphatic heterocycles. The number of fused-ring (bicyclic) bond motifs is 2. The number of carbonyl (C=O) groups excluding carboxylic acids is 1. The van der Waals surface area contributed by atoms with Gasteiger partial charge in [0.25, 0.3) is 0 Å². The minimum atomic E-state index is -1.35. The lowest BCUT2D eigenvalue weighted by atomic mass is 9.55. The Morgan fingerprint density at radius 2 is 1.91 bits per heavy atom. The summed E-state index contributed by atoms with van der Waals surface area (Å²) < 4.78 is 25.7. The average molecular weight is 761 g/mol. The van der Waals surface area contributed by atoms with Gasteiger partial charge in [0, 0.05) is 44.1 Å². The van der Waals surface area contributed by atoms with Crippen molar-refractivity contribution < 1.29 is 43.9 Å². The van der Waals surface area contributed by atoms with Crippen LogP contribution in [0.4, 0.5) is 0 Å². The number of oxime groups is 1. The molecule has 300 valence electrons. The predicted molar refractivity (Wildman–Crippen MR) is 210 cm³/mol. The number of hydrogen-bond acceptors (Lipinski definition) is 10. The van der Waals surface area contributed by atoms with Crippen LogP contribution in [-0.4, -0.2) is 90.0 Å². The average Bonchev–Trinajstić information content (AvgIpc) is 3.20. The molecule has 0 radical (unpaired) electrons. The third-order valence-electron chi connectivity index (χ3n) is 11.7. The smallest absolute Gasteiger partial charge is 0.239 e. The third-order valence-corrected chi connectivity index (χ3v) is 11.7. The van der Waals surface area contributed by atoms with Crippen molar-refractivity contribution >= 4 is 11.6 Å². The number of amides is 1. The molecule has 2 fully saturated rings. The summed E-state index contributed by atoms with van der Waals surface area (Å²) in [5.74, 6) is -0.446. The van der Waals surface area contributed by atoms with Crippen LogP contribution in [0.2, 0.25) is 0 Å². The second kappa shape index (κ2) is 19.3. The zero-order valence-electron chi connectivity index (χ0n) is 32.6. The van der Waals surface area contributed by atoms with E-state index in [2.05, 4.69) is 19.6 Å². The van der Waals surface area contributed by atoms with Gasteiger partial charge in [-0.25, -0.2) is 0 Å². The van der Waals surface area contributed by atoms with Crippen LogP contribution >= 0.6 is 0 Å². The van der Waals surface area contributed by atoms with E-state index in [1.165, 1.54) is 0 Å². The monoisotopic (exact) mass is 760 g/mol. The minimum Gasteiger partial charge on any atom is -0.508 e. The molecule has 0 aromatic heterocycles. The van der Waals surface area contributed by atoms with Crippen LogP contribution in [0.15, 0.2) is 71.9 Å². The summed E-state index contributed by atoms with van der Waals surface area (Å²) >= 11 is 0. The van der Waals surface area contributed by atoms with Gasteiger partial charge in [0.2, 0.25) is 18.0 Å². The van der Waals surface area contributed by atoms with E-state index in [9.17, 15) is 20.1 Å². The number of carbonyl (C=O) groups is 1. The van der Waals surface area contributed by atoms with Gasteiger partial charge in [-0.15, -0.1) is 6.58 Å². The summed E-state index contributed by atoms with van der Waals surface area (Å²) in [5, 5.41) is 35.5. The quantitative estimate of drug-likeness (QED) is 0.0782. The first-order valence-electron chi connectivity index (χ1n) is 20.3. The second-order valence-corrected chi connectivity index (χ2v) is 15.3. The Labute approximate surface area is 325 Å². The number of unbranched alkanes of at least 4 members (excludes halogenated alkanes) is 2. The molecule has 7 unspecified atom stereocenters. The molecule has 1 amide bonds. The first kappa shape index (κ1) is 40.8. The van der Waals surface area contributed by atoms with Gasteiger partial charge >= 0.3 is 0 Å². The van der Waals surface area contributed by atoms with Crippen molar-refractivity contribution in [3.05, 3.63) is 77.9 Å². The van der Waals surface area contributed by atoms with E-state index >= 15 is 0 Å². The van der Waals surface area contributed by atoms with Crippen molar-refractivity contribution in [2.75, 3.05) is 40.1 Å². The molecular weight excluding hydrogens is 700 g/mol. The zero-order valence-corrected chi connectivity index (χ0v) is 32.6. The number of hydrogen-bond donors (Lipinski definition) is 3. The fourth-order valence-corrected chi connectivity index (χ4v) is 9.33. The Morgan fingerprint density at radius 1 is 1.09 bits per heavy atom. The summed E-state index contributed by atoms with van der Waals surface area (Å²) in [6.07, 6.45) is 12.1. The third kappa shape index (κ3) is 9.06. The zero-order chi connectivity index (χ0) is 38.8. The number of phenols is 1. The summed E-state index contributed by atoms with van der Waals surface area (Å²) in [5.41, 5.74) is 3.41. The summed E-state index contributed by atoms with van der Waals surface area (Å²) in [6.45, 7) is 7.55. The minimum absolute atomic E-state index is 0.0705. The fraction of sp³-hybridized carbons (Fsp3) is 0.591. The number of benzene rings is 2. The number of nitrogens with zero attached hydrogens (tertiary/aromatic N) is 2. The Balaban J connectivity index is 1.55. The van der Waals surface area contributed by atoms with Gasteiger partial charge in [-0.2, -0.15) is 0 Å². The maximum absolute atomic E-state index is 14.7. The highest BCUT2D eigenvalue weighted by Gasteiger charge is 2.65. The second-order valence-electron chi connectivity index (χ2n) is 15.3. The Kier molecular flexibility index (Phi) is 14.3. The lowest BCUT2D eigenvalue weighted by Crippen LogP contribution is -2.70. The number of aromatic hydroxyl groups is 1. The molecule has 3 N–H and O–H groups in total. The highest BCUT2D eigenvalue weighted by atomic mass is 16.8. The molecule has 2 aliphatic carbocycles. The van der Waals surface area contributed by atoms with E-state index in [-0.39, 0.29) is 55.7 Å². The normalized spacial score (nSPS) is 27.6. The van der Waals surface area contributed by atoms with E-state index in [4.69, 9.17) is 28.9 Å². The largest absolute Gasteiger partial charge is 0.508 e. The van der Waals surface area contributed by atoms with Crippen LogP contribution < -0.4 is 9.47 Å². The number of methoxy groups -OCH3 is 1. The highest BCUT2D eigenvalue weighted by Crippen LogP contribution is 2.62. The molecule has 0 spiro atoms. The van der Waals surface area contributed by atoms with Gasteiger partial charge in [0.1, 0.15) is 23.3 Å². The van der Waals surface area contributed by atoms with Crippen LogP contribution in [-0.2, 0) is 25.5 Å². The standard InChI is InChI=1S/C44H60N2O9/c1-4-20-46(40(50)26-30-13-12-15-33(25-30)51-3)39-29-37(45-55-41-17-8-11-24-52-41)35-27-31(14-6-9-21-47)34(16-7-10-22-48)42-36-28-32(49)18-19-38(36)54-44(39,43(35)42)53-23-5-2/h5,12-13,15,18-19,25,27-28,31,34,39,41-43,47-49H,2,4,6-11,14,16-17,20-24,26,29H2,1,3H3. The lowest BCUT2D eigenvalue weighted by Gasteiger charge is -2.60. The van der Waals surface area contributed by atoms with Crippen molar-refractivity contribution in [1.29, 1.82) is 0 Å². The molecule has 4 aliphatic rings. The van der Waals surface area contributed by atoms with E-state index in [1.807, 2.05) is 41.3 Å². The van der Waals surface area contributed by atoms with Crippen LogP contribution in [0, 0.1) is 17.8 Å². The molecule has 55 heavy (non-hydrogen) atoms. The van der Waals surface area contributed by atoms with Crippen molar-refractivity contribution in [2.45, 2.75) is 108 Å². The first-order valence-corrected chi connectivity index (χ1v) is 20.3. The molecule has 11 heteroatoms. The van der Waals surface area contributed by atoms with Crippen LogP contribution in [0.25, 0.3) is 0 Å². The molecule has 2 aromatic rings. The van der Waals surface area contributed by atoms with Gasteiger partial charge in [-0.3, -0.25) is 4.79 Å². The van der Waals surface area contributed by atoms with E-state index < -0.39 is 24.0 Å². The van der Waals surface area contributed by atoms with E-state index in [1.54, 1.807) is 19.3 Å². The summed E-state index contributed by atoms with van der Waals surface area (Å²) in [4.78, 5) is 22.9. The van der Waals surface area contributed by atoms with Gasteiger partial charge in [0.05, 0.1) is 38.4 Å². The van der Waals surface area contributed by atoms with Gasteiger partial charge in [0.15, 0.2) is 0 Å². The van der Waals surface area contributed by atoms with Crippen LogP contribution in [0.3, 0.4) is 0 Å². The number of rotatable bonds is 19. The molecule has 1 saturated heterocycles. The van der Waals surface area contributed by atoms with Gasteiger partial charge in [-0.1, -0.05) is 49.2 Å². The molecular formula is C44H60N2O9. The molecule has 11 nitrogen and oxygen atoms in total. The van der Waals surface area contributed by atoms with Crippen LogP contribution in [0.5, 0.6) is 17.2 Å². The van der Waals surface area contributed by atoms with E-state index in [0.717, 1.165) is 67.4 Å². The van der Waals surface area contributed by atoms with E-state index in [0.29, 0.717) is 50.3 Å². The molecule has 2 aromatic carbocycles. The molecule has 6 rings (SSSR count). The molecule has 0 bridgehead atoms.